The molecule has 1 aliphatic rings. The molecule has 10 nitrogen and oxygen atoms in total. The van der Waals surface area contributed by atoms with E-state index >= 15 is 0 Å². The molecule has 0 unspecified atom stereocenters. The summed E-state index contributed by atoms with van der Waals surface area (Å²) in [6, 6.07) is 5.37. The Labute approximate surface area is 168 Å². The van der Waals surface area contributed by atoms with Gasteiger partial charge >= 0.3 is 0 Å². The summed E-state index contributed by atoms with van der Waals surface area (Å²) in [4.78, 5) is 25.6. The maximum absolute atomic E-state index is 12.4. The monoisotopic (exact) mass is 398 g/mol. The molecule has 29 heavy (non-hydrogen) atoms. The van der Waals surface area contributed by atoms with Gasteiger partial charge in [0.15, 0.2) is 5.76 Å². The number of nitrogens with one attached hydrogen (secondary N) is 1. The molecular weight excluding hydrogens is 372 g/mol. The second kappa shape index (κ2) is 8.08. The van der Waals surface area contributed by atoms with Crippen LogP contribution in [-0.2, 0) is 4.79 Å². The van der Waals surface area contributed by atoms with Gasteiger partial charge in [0.1, 0.15) is 11.6 Å². The van der Waals surface area contributed by atoms with Crippen LogP contribution in [0.5, 0.6) is 0 Å². The molecule has 0 radical (unpaired) electrons. The zero-order chi connectivity index (χ0) is 20.4. The number of hydrogen-bond donors (Lipinski definition) is 2. The first-order valence-corrected chi connectivity index (χ1v) is 9.76. The van der Waals surface area contributed by atoms with Crippen molar-refractivity contribution in [3.63, 3.8) is 0 Å². The third-order valence-corrected chi connectivity index (χ3v) is 5.12. The highest BCUT2D eigenvalue weighted by atomic mass is 16.3. The summed E-state index contributed by atoms with van der Waals surface area (Å²) < 4.78 is 6.86. The van der Waals surface area contributed by atoms with Crippen molar-refractivity contribution in [3.05, 3.63) is 24.5 Å². The third-order valence-electron chi connectivity index (χ3n) is 5.12. The lowest BCUT2D eigenvalue weighted by molar-refractivity contribution is -0.125. The van der Waals surface area contributed by atoms with Gasteiger partial charge in [0.05, 0.1) is 6.26 Å². The van der Waals surface area contributed by atoms with E-state index in [0.29, 0.717) is 29.7 Å². The highest BCUT2D eigenvalue weighted by Gasteiger charge is 2.26. The van der Waals surface area contributed by atoms with Crippen molar-refractivity contribution >= 4 is 23.3 Å². The van der Waals surface area contributed by atoms with Gasteiger partial charge in [0, 0.05) is 38.2 Å². The summed E-state index contributed by atoms with van der Waals surface area (Å²) in [6.45, 7) is 3.00. The van der Waals surface area contributed by atoms with Gasteiger partial charge in [0.2, 0.25) is 11.7 Å². The number of anilines is 2. The first-order valence-electron chi connectivity index (χ1n) is 9.76. The molecule has 3 aromatic heterocycles. The summed E-state index contributed by atoms with van der Waals surface area (Å²) in [6.07, 6.45) is 3.14. The number of rotatable bonds is 6. The lowest BCUT2D eigenvalue weighted by Crippen LogP contribution is -2.42. The maximum Gasteiger partial charge on any atom is 0.256 e. The molecule has 1 aliphatic heterocycles. The maximum atomic E-state index is 12.4. The highest BCUT2D eigenvalue weighted by molar-refractivity contribution is 5.79. The minimum absolute atomic E-state index is 0.0353. The van der Waals surface area contributed by atoms with Gasteiger partial charge in [-0.25, -0.2) is 0 Å². The van der Waals surface area contributed by atoms with Gasteiger partial charge in [0.25, 0.3) is 5.78 Å². The first-order chi connectivity index (χ1) is 14.0. The normalized spacial score (nSPS) is 15.3. The van der Waals surface area contributed by atoms with Crippen LogP contribution < -0.4 is 16.0 Å². The van der Waals surface area contributed by atoms with Crippen LogP contribution in [0.2, 0.25) is 0 Å². The van der Waals surface area contributed by atoms with Crippen molar-refractivity contribution in [3.8, 4) is 11.6 Å². The lowest BCUT2D eigenvalue weighted by Gasteiger charge is -2.32. The largest absolute Gasteiger partial charge is 0.461 e. The molecule has 1 amide bonds. The Morgan fingerprint density at radius 3 is 2.83 bits per heavy atom. The number of carbonyl (C=O) groups excluding carboxylic acids is 1. The molecule has 4 rings (SSSR count). The third kappa shape index (κ3) is 4.16. The second-order valence-corrected chi connectivity index (χ2v) is 7.52. The van der Waals surface area contributed by atoms with Crippen LogP contribution in [0.4, 0.5) is 11.6 Å². The highest BCUT2D eigenvalue weighted by Crippen LogP contribution is 2.25. The van der Waals surface area contributed by atoms with Gasteiger partial charge in [-0.3, -0.25) is 4.79 Å². The van der Waals surface area contributed by atoms with E-state index in [1.165, 1.54) is 4.52 Å². The Morgan fingerprint density at radius 1 is 1.34 bits per heavy atom. The number of fused-ring (bicyclic) bond motifs is 1. The predicted octanol–water partition coefficient (Wildman–Crippen LogP) is 0.861. The molecule has 0 atom stereocenters. The van der Waals surface area contributed by atoms with E-state index < -0.39 is 0 Å². The average Bonchev–Trinajstić information content (AvgIpc) is 3.37. The molecule has 1 fully saturated rings. The van der Waals surface area contributed by atoms with Crippen molar-refractivity contribution in [2.24, 2.45) is 5.92 Å². The minimum atomic E-state index is 0.0353. The van der Waals surface area contributed by atoms with Crippen molar-refractivity contribution in [2.75, 3.05) is 50.9 Å². The molecule has 4 heterocycles. The zero-order valence-corrected chi connectivity index (χ0v) is 16.7. The summed E-state index contributed by atoms with van der Waals surface area (Å²) in [5, 5.41) is 7.39. The fourth-order valence-corrected chi connectivity index (χ4v) is 3.47. The Bertz CT molecular complexity index is 974. The number of hydrogen-bond acceptors (Lipinski definition) is 8. The van der Waals surface area contributed by atoms with E-state index in [1.54, 1.807) is 24.5 Å². The van der Waals surface area contributed by atoms with Gasteiger partial charge in [-0.2, -0.15) is 14.5 Å². The van der Waals surface area contributed by atoms with Crippen LogP contribution in [0.1, 0.15) is 12.8 Å². The standard InChI is InChI=1S/C19H26N8O2/c1-25(2)10-7-21-18(28)13-5-8-26(9-6-13)16-12-15(20)27-19(22-16)23-17(24-27)14-4-3-11-29-14/h3-4,11-13H,5-10,20H2,1-2H3,(H,21,28). The molecule has 1 saturated heterocycles. The summed E-state index contributed by atoms with van der Waals surface area (Å²) in [7, 11) is 3.99. The quantitative estimate of drug-likeness (QED) is 0.628. The minimum Gasteiger partial charge on any atom is -0.461 e. The molecular formula is C19H26N8O2. The molecule has 10 heteroatoms. The van der Waals surface area contributed by atoms with Gasteiger partial charge < -0.3 is 25.3 Å². The van der Waals surface area contributed by atoms with Crippen molar-refractivity contribution in [2.45, 2.75) is 12.8 Å². The molecule has 3 N–H and O–H groups in total. The van der Waals surface area contributed by atoms with E-state index in [2.05, 4.69) is 30.2 Å². The zero-order valence-electron chi connectivity index (χ0n) is 16.7. The summed E-state index contributed by atoms with van der Waals surface area (Å²) in [5.74, 6) is 2.81. The number of furan rings is 1. The Morgan fingerprint density at radius 2 is 2.14 bits per heavy atom. The van der Waals surface area contributed by atoms with Crippen LogP contribution in [0, 0.1) is 5.92 Å². The van der Waals surface area contributed by atoms with Gasteiger partial charge in [-0.1, -0.05) is 0 Å². The SMILES string of the molecule is CN(C)CCNC(=O)C1CCN(c2cc(N)n3nc(-c4ccco4)nc3n2)CC1. The number of aromatic nitrogens is 4. The molecule has 154 valence electrons. The topological polar surface area (TPSA) is 118 Å². The number of nitrogen functional groups attached to an aromatic ring is 1. The number of carbonyl (C=O) groups is 1. The smallest absolute Gasteiger partial charge is 0.256 e. The number of nitrogens with zero attached hydrogens (tertiary/aromatic N) is 6. The predicted molar refractivity (Wildman–Crippen MR) is 109 cm³/mol. The molecule has 0 aromatic carbocycles. The van der Waals surface area contributed by atoms with E-state index in [0.717, 1.165) is 38.3 Å². The number of amides is 1. The van der Waals surface area contributed by atoms with Crippen molar-refractivity contribution in [1.82, 2.24) is 29.8 Å². The lowest BCUT2D eigenvalue weighted by atomic mass is 9.96. The Kier molecular flexibility index (Phi) is 5.34. The van der Waals surface area contributed by atoms with Crippen LogP contribution in [0.15, 0.2) is 28.9 Å². The van der Waals surface area contributed by atoms with E-state index in [9.17, 15) is 4.79 Å². The van der Waals surface area contributed by atoms with Gasteiger partial charge in [-0.05, 0) is 39.1 Å². The molecule has 3 aromatic rings. The fourth-order valence-electron chi connectivity index (χ4n) is 3.47. The van der Waals surface area contributed by atoms with Crippen LogP contribution in [0.25, 0.3) is 17.4 Å². The van der Waals surface area contributed by atoms with E-state index in [1.807, 2.05) is 14.1 Å². The van der Waals surface area contributed by atoms with Crippen LogP contribution >= 0.6 is 0 Å². The van der Waals surface area contributed by atoms with Crippen molar-refractivity contribution < 1.29 is 9.21 Å². The van der Waals surface area contributed by atoms with Crippen LogP contribution in [0.3, 0.4) is 0 Å². The average molecular weight is 398 g/mol. The summed E-state index contributed by atoms with van der Waals surface area (Å²) >= 11 is 0. The second-order valence-electron chi connectivity index (χ2n) is 7.52. The molecule has 0 aliphatic carbocycles. The van der Waals surface area contributed by atoms with Crippen molar-refractivity contribution in [1.29, 1.82) is 0 Å². The van der Waals surface area contributed by atoms with E-state index in [4.69, 9.17) is 10.2 Å². The molecule has 0 spiro atoms. The number of nitrogens with two attached hydrogens (primary N) is 1. The molecule has 0 saturated carbocycles. The fraction of sp³-hybridized carbons (Fsp3) is 0.474. The first kappa shape index (κ1) is 19.2. The molecule has 0 bridgehead atoms. The summed E-state index contributed by atoms with van der Waals surface area (Å²) in [5.41, 5.74) is 6.18. The Balaban J connectivity index is 1.42. The Hall–Kier alpha value is -3.14. The van der Waals surface area contributed by atoms with Crippen LogP contribution in [-0.4, -0.2) is 70.7 Å². The number of likely N-dealkylation sites (N-methyl/N-ethyl adjacent to an activating group) is 1. The van der Waals surface area contributed by atoms with E-state index in [-0.39, 0.29) is 11.8 Å². The van der Waals surface area contributed by atoms with Gasteiger partial charge in [-0.15, -0.1) is 5.10 Å². The number of piperidine rings is 1.